The van der Waals surface area contributed by atoms with Crippen LogP contribution in [0, 0.1) is 0 Å². The van der Waals surface area contributed by atoms with Gasteiger partial charge >= 0.3 is 0 Å². The number of rotatable bonds is 3. The summed E-state index contributed by atoms with van der Waals surface area (Å²) in [6, 6.07) is 7.18. The number of hydrogen-bond donors (Lipinski definition) is 1. The zero-order valence-electron chi connectivity index (χ0n) is 8.29. The number of hydrogen-bond acceptors (Lipinski definition) is 4. The van der Waals surface area contributed by atoms with E-state index in [0.717, 1.165) is 16.3 Å². The van der Waals surface area contributed by atoms with E-state index < -0.39 is 0 Å². The molecular weight excluding hydrogens is 210 g/mol. The van der Waals surface area contributed by atoms with Gasteiger partial charge in [0.05, 0.1) is 5.69 Å². The lowest BCUT2D eigenvalue weighted by atomic mass is 10.3. The quantitative estimate of drug-likeness (QED) is 0.803. The Kier molecular flexibility index (Phi) is 2.91. The molecule has 0 bridgehead atoms. The van der Waals surface area contributed by atoms with E-state index in [1.54, 1.807) is 28.6 Å². The van der Waals surface area contributed by atoms with Gasteiger partial charge in [0.15, 0.2) is 0 Å². The highest BCUT2D eigenvalue weighted by Crippen LogP contribution is 2.24. The first-order valence-electron chi connectivity index (χ1n) is 4.51. The molecule has 1 aromatic carbocycles. The summed E-state index contributed by atoms with van der Waals surface area (Å²) in [5.41, 5.74) is 0.936. The zero-order valence-corrected chi connectivity index (χ0v) is 9.11. The van der Waals surface area contributed by atoms with Gasteiger partial charge in [-0.25, -0.2) is 0 Å². The molecule has 4 nitrogen and oxygen atoms in total. The number of phenols is 1. The Bertz CT molecular complexity index is 455. The molecule has 0 aliphatic rings. The predicted molar refractivity (Wildman–Crippen MR) is 58.7 cm³/mol. The van der Waals surface area contributed by atoms with Crippen LogP contribution < -0.4 is 0 Å². The molecule has 1 N–H and O–H groups in total. The Morgan fingerprint density at radius 2 is 2.33 bits per heavy atom. The average Bonchev–Trinajstić information content (AvgIpc) is 2.62. The van der Waals surface area contributed by atoms with E-state index >= 15 is 0 Å². The van der Waals surface area contributed by atoms with Gasteiger partial charge in [0, 0.05) is 23.9 Å². The van der Waals surface area contributed by atoms with Crippen LogP contribution in [0.4, 0.5) is 0 Å². The fourth-order valence-corrected chi connectivity index (χ4v) is 2.02. The molecule has 1 heterocycles. The van der Waals surface area contributed by atoms with Crippen LogP contribution in [0.5, 0.6) is 5.75 Å². The van der Waals surface area contributed by atoms with Gasteiger partial charge in [-0.2, -0.15) is 0 Å². The number of nitrogens with zero attached hydrogens (tertiary/aromatic N) is 3. The predicted octanol–water partition coefficient (Wildman–Crippen LogP) is 1.81. The van der Waals surface area contributed by atoms with Crippen molar-refractivity contribution in [3.8, 4) is 5.75 Å². The molecule has 0 saturated heterocycles. The van der Waals surface area contributed by atoms with Crippen LogP contribution in [-0.4, -0.2) is 20.1 Å². The third-order valence-corrected chi connectivity index (χ3v) is 2.88. The van der Waals surface area contributed by atoms with Gasteiger partial charge in [-0.15, -0.1) is 16.9 Å². The molecule has 0 aliphatic carbocycles. The monoisotopic (exact) mass is 221 g/mol. The van der Waals surface area contributed by atoms with Crippen LogP contribution in [0.1, 0.15) is 5.69 Å². The molecule has 5 heteroatoms. The number of thioether (sulfide) groups is 1. The van der Waals surface area contributed by atoms with E-state index in [1.807, 2.05) is 25.4 Å². The van der Waals surface area contributed by atoms with Crippen molar-refractivity contribution < 1.29 is 5.11 Å². The summed E-state index contributed by atoms with van der Waals surface area (Å²) in [6.45, 7) is 0. The van der Waals surface area contributed by atoms with Gasteiger partial charge in [-0.3, -0.25) is 4.68 Å². The molecule has 0 fully saturated rings. The van der Waals surface area contributed by atoms with Crippen LogP contribution in [0.2, 0.25) is 0 Å². The van der Waals surface area contributed by atoms with Crippen LogP contribution in [-0.2, 0) is 12.8 Å². The summed E-state index contributed by atoms with van der Waals surface area (Å²) >= 11 is 1.63. The standard InChI is InChI=1S/C10H11N3OS/c1-13-6-8(11-12-13)7-15-10-4-2-3-9(14)5-10/h2-6,14H,7H2,1H3. The maximum absolute atomic E-state index is 9.27. The molecule has 0 radical (unpaired) electrons. The molecule has 0 spiro atoms. The van der Waals surface area contributed by atoms with Crippen molar-refractivity contribution >= 4 is 11.8 Å². The Morgan fingerprint density at radius 1 is 1.47 bits per heavy atom. The second-order valence-corrected chi connectivity index (χ2v) is 4.22. The maximum Gasteiger partial charge on any atom is 0.116 e. The largest absolute Gasteiger partial charge is 0.508 e. The lowest BCUT2D eigenvalue weighted by Gasteiger charge is -1.99. The summed E-state index contributed by atoms with van der Waals surface area (Å²) in [5, 5.41) is 17.1. The molecule has 0 unspecified atom stereocenters. The van der Waals surface area contributed by atoms with Gasteiger partial charge in [0.2, 0.25) is 0 Å². The fraction of sp³-hybridized carbons (Fsp3) is 0.200. The Hall–Kier alpha value is -1.49. The lowest BCUT2D eigenvalue weighted by Crippen LogP contribution is -1.85. The molecule has 1 aromatic heterocycles. The average molecular weight is 221 g/mol. The van der Waals surface area contributed by atoms with E-state index in [4.69, 9.17) is 0 Å². The molecule has 15 heavy (non-hydrogen) atoms. The number of benzene rings is 1. The summed E-state index contributed by atoms with van der Waals surface area (Å²) in [5.74, 6) is 1.05. The van der Waals surface area contributed by atoms with E-state index in [-0.39, 0.29) is 0 Å². The first kappa shape index (κ1) is 10.0. The summed E-state index contributed by atoms with van der Waals surface area (Å²) in [7, 11) is 1.84. The van der Waals surface area contributed by atoms with Gasteiger partial charge in [-0.05, 0) is 18.2 Å². The number of aromatic hydroxyl groups is 1. The van der Waals surface area contributed by atoms with Crippen LogP contribution in [0.15, 0.2) is 35.4 Å². The molecular formula is C10H11N3OS. The topological polar surface area (TPSA) is 50.9 Å². The SMILES string of the molecule is Cn1cc(CSc2cccc(O)c2)nn1. The van der Waals surface area contributed by atoms with Crippen molar-refractivity contribution in [2.45, 2.75) is 10.6 Å². The lowest BCUT2D eigenvalue weighted by molar-refractivity contribution is 0.474. The Balaban J connectivity index is 1.99. The third-order valence-electron chi connectivity index (χ3n) is 1.85. The first-order valence-corrected chi connectivity index (χ1v) is 5.49. The van der Waals surface area contributed by atoms with E-state index in [2.05, 4.69) is 10.3 Å². The van der Waals surface area contributed by atoms with Gasteiger partial charge in [0.1, 0.15) is 5.75 Å². The fourth-order valence-electron chi connectivity index (χ4n) is 1.19. The van der Waals surface area contributed by atoms with Crippen molar-refractivity contribution in [3.63, 3.8) is 0 Å². The Morgan fingerprint density at radius 3 is 3.00 bits per heavy atom. The number of aromatic nitrogens is 3. The third kappa shape index (κ3) is 2.73. The van der Waals surface area contributed by atoms with Crippen LogP contribution >= 0.6 is 11.8 Å². The summed E-state index contributed by atoms with van der Waals surface area (Å²) in [4.78, 5) is 1.03. The normalized spacial score (nSPS) is 10.5. The number of aryl methyl sites for hydroxylation is 1. The van der Waals surface area contributed by atoms with Crippen molar-refractivity contribution in [2.75, 3.05) is 0 Å². The minimum absolute atomic E-state index is 0.291. The van der Waals surface area contributed by atoms with Gasteiger partial charge in [0.25, 0.3) is 0 Å². The molecule has 0 atom stereocenters. The van der Waals surface area contributed by atoms with Crippen molar-refractivity contribution in [1.82, 2.24) is 15.0 Å². The molecule has 2 aromatic rings. The second-order valence-electron chi connectivity index (χ2n) is 3.17. The highest BCUT2D eigenvalue weighted by molar-refractivity contribution is 7.98. The molecule has 0 aliphatic heterocycles. The zero-order chi connectivity index (χ0) is 10.7. The highest BCUT2D eigenvalue weighted by Gasteiger charge is 2.00. The molecule has 78 valence electrons. The highest BCUT2D eigenvalue weighted by atomic mass is 32.2. The van der Waals surface area contributed by atoms with Crippen LogP contribution in [0.25, 0.3) is 0 Å². The van der Waals surface area contributed by atoms with E-state index in [1.165, 1.54) is 0 Å². The second kappa shape index (κ2) is 4.35. The number of phenolic OH excluding ortho intramolecular Hbond substituents is 1. The van der Waals surface area contributed by atoms with E-state index in [9.17, 15) is 5.11 Å². The first-order chi connectivity index (χ1) is 7.24. The van der Waals surface area contributed by atoms with Crippen LogP contribution in [0.3, 0.4) is 0 Å². The van der Waals surface area contributed by atoms with Crippen molar-refractivity contribution in [3.05, 3.63) is 36.2 Å². The summed E-state index contributed by atoms with van der Waals surface area (Å²) in [6.07, 6.45) is 1.88. The van der Waals surface area contributed by atoms with Gasteiger partial charge < -0.3 is 5.11 Å². The Labute approximate surface area is 91.9 Å². The molecule has 0 saturated carbocycles. The van der Waals surface area contributed by atoms with Crippen molar-refractivity contribution in [1.29, 1.82) is 0 Å². The van der Waals surface area contributed by atoms with Crippen molar-refractivity contribution in [2.24, 2.45) is 7.05 Å². The maximum atomic E-state index is 9.27. The van der Waals surface area contributed by atoms with E-state index in [0.29, 0.717) is 5.75 Å². The summed E-state index contributed by atoms with van der Waals surface area (Å²) < 4.78 is 1.68. The minimum Gasteiger partial charge on any atom is -0.508 e. The molecule has 2 rings (SSSR count). The molecule has 0 amide bonds. The smallest absolute Gasteiger partial charge is 0.116 e. The van der Waals surface area contributed by atoms with Gasteiger partial charge in [-0.1, -0.05) is 11.3 Å². The minimum atomic E-state index is 0.291.